The largest absolute Gasteiger partial charge is 0.0622 e. The van der Waals surface area contributed by atoms with Crippen LogP contribution >= 0.6 is 0 Å². The Labute approximate surface area is 145 Å². The zero-order valence-corrected chi connectivity index (χ0v) is 18.1. The molecule has 0 heteroatoms. The predicted molar refractivity (Wildman–Crippen MR) is 99.1 cm³/mol. The van der Waals surface area contributed by atoms with Crippen LogP contribution in [0.3, 0.4) is 0 Å². The summed E-state index contributed by atoms with van der Waals surface area (Å²) in [6, 6.07) is 0. The molecule has 23 heavy (non-hydrogen) atoms. The zero-order chi connectivity index (χ0) is 18.1. The predicted octanol–water partition coefficient (Wildman–Crippen LogP) is 6.79. The molecule has 0 aromatic heterocycles. The zero-order valence-electron chi connectivity index (χ0n) is 18.1. The summed E-state index contributed by atoms with van der Waals surface area (Å²) >= 11 is 0. The monoisotopic (exact) mass is 316 g/mol. The smallest absolute Gasteiger partial charge is 0.00393 e. The fourth-order valence-electron chi connectivity index (χ4n) is 12.4. The van der Waals surface area contributed by atoms with Gasteiger partial charge in [0.25, 0.3) is 0 Å². The van der Waals surface area contributed by atoms with Gasteiger partial charge in [0.15, 0.2) is 0 Å². The van der Waals surface area contributed by atoms with Gasteiger partial charge in [-0.05, 0) is 54.7 Å². The third-order valence-corrected chi connectivity index (χ3v) is 13.7. The molecular formula is C23H40. The van der Waals surface area contributed by atoms with Crippen LogP contribution in [0.2, 0.25) is 0 Å². The minimum absolute atomic E-state index is 0.401. The first kappa shape index (κ1) is 16.5. The van der Waals surface area contributed by atoms with Crippen LogP contribution in [-0.4, -0.2) is 0 Å². The molecule has 4 aliphatic carbocycles. The maximum absolute atomic E-state index is 2.68. The van der Waals surface area contributed by atoms with Crippen LogP contribution in [0.5, 0.6) is 0 Å². The van der Waals surface area contributed by atoms with Gasteiger partial charge in [0, 0.05) is 0 Å². The van der Waals surface area contributed by atoms with E-state index < -0.39 is 0 Å². The minimum atomic E-state index is 0.401. The van der Waals surface area contributed by atoms with Crippen LogP contribution in [-0.2, 0) is 0 Å². The third-order valence-electron chi connectivity index (χ3n) is 13.7. The summed E-state index contributed by atoms with van der Waals surface area (Å²) in [6.45, 7) is 33.9. The molecule has 132 valence electrons. The van der Waals surface area contributed by atoms with Crippen LogP contribution in [0.4, 0.5) is 0 Å². The fourth-order valence-corrected chi connectivity index (χ4v) is 12.4. The van der Waals surface area contributed by atoms with Crippen molar-refractivity contribution >= 4 is 0 Å². The topological polar surface area (TPSA) is 0 Å². The summed E-state index contributed by atoms with van der Waals surface area (Å²) < 4.78 is 0. The molecule has 0 nitrogen and oxygen atoms in total. The van der Waals surface area contributed by atoms with Crippen molar-refractivity contribution in [3.63, 3.8) is 0 Å². The summed E-state index contributed by atoms with van der Waals surface area (Å²) in [4.78, 5) is 0. The van der Waals surface area contributed by atoms with E-state index >= 15 is 0 Å². The van der Waals surface area contributed by atoms with Crippen molar-refractivity contribution in [2.24, 2.45) is 54.7 Å². The second-order valence-electron chi connectivity index (χ2n) is 12.5. The van der Waals surface area contributed by atoms with E-state index in [0.717, 1.165) is 5.92 Å². The van der Waals surface area contributed by atoms with Crippen LogP contribution in [0.25, 0.3) is 0 Å². The van der Waals surface area contributed by atoms with E-state index in [9.17, 15) is 0 Å². The molecule has 4 saturated carbocycles. The normalized spacial score (nSPS) is 65.5. The molecule has 0 aliphatic heterocycles. The number of hydrogen-bond acceptors (Lipinski definition) is 0. The maximum atomic E-state index is 2.68. The van der Waals surface area contributed by atoms with Gasteiger partial charge >= 0.3 is 0 Å². The Morgan fingerprint density at radius 2 is 0.696 bits per heavy atom. The average Bonchev–Trinajstić information content (AvgIpc) is 2.43. The van der Waals surface area contributed by atoms with E-state index in [2.05, 4.69) is 90.0 Å². The van der Waals surface area contributed by atoms with E-state index in [1.807, 2.05) is 0 Å². The molecule has 0 bridgehead atoms. The van der Waals surface area contributed by atoms with Crippen molar-refractivity contribution in [2.45, 2.75) is 90.0 Å². The van der Waals surface area contributed by atoms with E-state index in [1.54, 1.807) is 0 Å². The quantitative estimate of drug-likeness (QED) is 0.499. The highest BCUT2D eigenvalue weighted by atomic mass is 15.2. The first-order valence-corrected chi connectivity index (χ1v) is 9.94. The molecular weight excluding hydrogens is 276 g/mol. The van der Waals surface area contributed by atoms with Crippen molar-refractivity contribution in [1.29, 1.82) is 0 Å². The van der Waals surface area contributed by atoms with E-state index in [1.165, 1.54) is 0 Å². The van der Waals surface area contributed by atoms with E-state index in [4.69, 9.17) is 0 Å². The van der Waals surface area contributed by atoms with Crippen LogP contribution in [0, 0.1) is 54.7 Å². The number of hydrogen-bond donors (Lipinski definition) is 0. The lowest BCUT2D eigenvalue weighted by molar-refractivity contribution is -0.726. The third kappa shape index (κ3) is 0.677. The lowest BCUT2D eigenvalue weighted by atomic mass is 8.85. The molecule has 4 aliphatic rings. The molecule has 0 aromatic rings. The molecule has 0 amide bonds. The SMILES string of the molecule is CC(C)C1(C)C2(C)C(C)(C)C3(C)C(C)(C)C4(C)C(C)(C)C1(C)C342. The van der Waals surface area contributed by atoms with Gasteiger partial charge in [-0.3, -0.25) is 0 Å². The van der Waals surface area contributed by atoms with Gasteiger partial charge in [-0.25, -0.2) is 0 Å². The van der Waals surface area contributed by atoms with Gasteiger partial charge in [0.1, 0.15) is 0 Å². The van der Waals surface area contributed by atoms with Gasteiger partial charge in [0.05, 0.1) is 0 Å². The fraction of sp³-hybridized carbons (Fsp3) is 1.00. The van der Waals surface area contributed by atoms with Crippen molar-refractivity contribution < 1.29 is 0 Å². The van der Waals surface area contributed by atoms with Gasteiger partial charge < -0.3 is 0 Å². The summed E-state index contributed by atoms with van der Waals surface area (Å²) in [5, 5.41) is 0. The summed E-state index contributed by atoms with van der Waals surface area (Å²) in [7, 11) is 0. The van der Waals surface area contributed by atoms with Crippen molar-refractivity contribution in [1.82, 2.24) is 0 Å². The van der Waals surface area contributed by atoms with Crippen LogP contribution < -0.4 is 0 Å². The second-order valence-corrected chi connectivity index (χ2v) is 12.5. The number of rotatable bonds is 1. The molecule has 0 aromatic carbocycles. The van der Waals surface area contributed by atoms with Crippen molar-refractivity contribution in [2.75, 3.05) is 0 Å². The maximum Gasteiger partial charge on any atom is -0.00393 e. The Kier molecular flexibility index (Phi) is 2.14. The molecule has 4 atom stereocenters. The molecule has 4 rings (SSSR count). The highest BCUT2D eigenvalue weighted by Gasteiger charge is 3.16. The van der Waals surface area contributed by atoms with Crippen molar-refractivity contribution in [3.8, 4) is 0 Å². The molecule has 0 radical (unpaired) electrons. The molecule has 0 saturated heterocycles. The Morgan fingerprint density at radius 3 is 0.957 bits per heavy atom. The van der Waals surface area contributed by atoms with Gasteiger partial charge in [-0.15, -0.1) is 0 Å². The van der Waals surface area contributed by atoms with Gasteiger partial charge in [0.2, 0.25) is 0 Å². The lowest BCUT2D eigenvalue weighted by Gasteiger charge is -3.18. The Morgan fingerprint density at radius 1 is 0.435 bits per heavy atom. The Bertz CT molecular complexity index is 599. The first-order valence-electron chi connectivity index (χ1n) is 9.94. The minimum Gasteiger partial charge on any atom is -0.0622 e. The van der Waals surface area contributed by atoms with E-state index in [-0.39, 0.29) is 0 Å². The highest BCUT2D eigenvalue weighted by Crippen LogP contribution is 3.19. The molecule has 4 unspecified atom stereocenters. The second kappa shape index (κ2) is 2.99. The highest BCUT2D eigenvalue weighted by molar-refractivity contribution is 5.62. The van der Waals surface area contributed by atoms with E-state index in [0.29, 0.717) is 48.7 Å². The van der Waals surface area contributed by atoms with Crippen molar-refractivity contribution in [3.05, 3.63) is 0 Å². The summed E-state index contributed by atoms with van der Waals surface area (Å²) in [5.74, 6) is 0.736. The first-order chi connectivity index (χ1) is 9.94. The summed E-state index contributed by atoms with van der Waals surface area (Å²) in [6.07, 6.45) is 0. The molecule has 0 N–H and O–H groups in total. The van der Waals surface area contributed by atoms with Crippen LogP contribution in [0.1, 0.15) is 90.0 Å². The summed E-state index contributed by atoms with van der Waals surface area (Å²) in [5.41, 5.74) is 3.96. The standard InChI is InChI=1S/C23H40/c1-14(2)18(9)21(12)16(5,6)19(10)15(3,4)20(11)17(7,8)22(18,13)23(19,20)21/h14H,1-13H3. The molecule has 0 heterocycles. The van der Waals surface area contributed by atoms with Gasteiger partial charge in [-0.1, -0.05) is 90.0 Å². The Hall–Kier alpha value is 0. The Balaban J connectivity index is 2.10. The van der Waals surface area contributed by atoms with Crippen LogP contribution in [0.15, 0.2) is 0 Å². The average molecular weight is 317 g/mol. The lowest BCUT2D eigenvalue weighted by Crippen LogP contribution is -3.15. The van der Waals surface area contributed by atoms with Gasteiger partial charge in [-0.2, -0.15) is 0 Å². The molecule has 1 spiro atoms. The molecule has 4 fully saturated rings.